The van der Waals surface area contributed by atoms with Crippen LogP contribution < -0.4 is 5.32 Å². The normalized spacial score (nSPS) is 12.4. The molecule has 0 amide bonds. The number of hydrogen-bond donors (Lipinski definition) is 1. The van der Waals surface area contributed by atoms with E-state index in [0.717, 1.165) is 16.1 Å². The first-order chi connectivity index (χ1) is 9.09. The Labute approximate surface area is 125 Å². The fraction of sp³-hybridized carbons (Fsp3) is 0.200. The van der Waals surface area contributed by atoms with E-state index in [1.165, 1.54) is 6.07 Å². The van der Waals surface area contributed by atoms with Gasteiger partial charge in [0.1, 0.15) is 5.82 Å². The molecule has 0 saturated carbocycles. The molecule has 2 rings (SSSR count). The monoisotopic (exact) mass is 341 g/mol. The molecule has 19 heavy (non-hydrogen) atoms. The maximum absolute atomic E-state index is 13.4. The second kappa shape index (κ2) is 6.51. The molecule has 1 atom stereocenters. The maximum Gasteiger partial charge on any atom is 0.137 e. The van der Waals surface area contributed by atoms with Crippen molar-refractivity contribution in [2.75, 3.05) is 0 Å². The minimum Gasteiger partial charge on any atom is -0.306 e. The van der Waals surface area contributed by atoms with E-state index in [1.54, 1.807) is 6.07 Å². The van der Waals surface area contributed by atoms with Crippen LogP contribution in [0.5, 0.6) is 0 Å². The van der Waals surface area contributed by atoms with E-state index in [1.807, 2.05) is 37.3 Å². The van der Waals surface area contributed by atoms with Crippen molar-refractivity contribution in [2.45, 2.75) is 19.5 Å². The first-order valence-corrected chi connectivity index (χ1v) is 7.17. The lowest BCUT2D eigenvalue weighted by Gasteiger charge is -2.16. The van der Waals surface area contributed by atoms with Crippen LogP contribution in [0.15, 0.2) is 46.9 Å². The van der Waals surface area contributed by atoms with E-state index in [0.29, 0.717) is 11.0 Å². The van der Waals surface area contributed by atoms with E-state index in [2.05, 4.69) is 21.2 Å². The van der Waals surface area contributed by atoms with Crippen molar-refractivity contribution in [1.82, 2.24) is 5.32 Å². The zero-order valence-corrected chi connectivity index (χ0v) is 12.8. The first-order valence-electron chi connectivity index (χ1n) is 6.00. The topological polar surface area (TPSA) is 12.0 Å². The summed E-state index contributed by atoms with van der Waals surface area (Å²) in [6.45, 7) is 2.61. The molecular weight excluding hydrogens is 329 g/mol. The fourth-order valence-electron chi connectivity index (χ4n) is 1.88. The smallest absolute Gasteiger partial charge is 0.137 e. The zero-order chi connectivity index (χ0) is 13.8. The second-order valence-corrected chi connectivity index (χ2v) is 5.54. The summed E-state index contributed by atoms with van der Waals surface area (Å²) >= 11 is 9.41. The molecule has 0 aliphatic heterocycles. The predicted molar refractivity (Wildman–Crippen MR) is 80.8 cm³/mol. The summed E-state index contributed by atoms with van der Waals surface area (Å²) in [5, 5.41) is 4.08. The van der Waals surface area contributed by atoms with Crippen LogP contribution in [-0.4, -0.2) is 0 Å². The van der Waals surface area contributed by atoms with Crippen molar-refractivity contribution < 1.29 is 4.39 Å². The molecule has 4 heteroatoms. The lowest BCUT2D eigenvalue weighted by molar-refractivity contribution is 0.566. The van der Waals surface area contributed by atoms with Crippen LogP contribution in [0, 0.1) is 5.82 Å². The van der Waals surface area contributed by atoms with Crippen LogP contribution in [0.3, 0.4) is 0 Å². The quantitative estimate of drug-likeness (QED) is 0.816. The van der Waals surface area contributed by atoms with E-state index >= 15 is 0 Å². The molecule has 0 radical (unpaired) electrons. The Hall–Kier alpha value is -0.900. The summed E-state index contributed by atoms with van der Waals surface area (Å²) in [5.74, 6) is -0.246. The van der Waals surface area contributed by atoms with Crippen LogP contribution in [0.4, 0.5) is 4.39 Å². The van der Waals surface area contributed by atoms with Gasteiger partial charge in [0.05, 0.1) is 4.47 Å². The lowest BCUT2D eigenvalue weighted by atomic mass is 10.1. The third kappa shape index (κ3) is 3.56. The standard InChI is InChI=1S/C15H14BrClFN/c1-10(12-6-2-3-7-13(12)17)19-9-11-5-4-8-14(18)15(11)16/h2-8,10,19H,9H2,1H3/t10-/m0/s1. The summed E-state index contributed by atoms with van der Waals surface area (Å²) < 4.78 is 13.9. The molecular formula is C15H14BrClFN. The highest BCUT2D eigenvalue weighted by atomic mass is 79.9. The second-order valence-electron chi connectivity index (χ2n) is 4.34. The van der Waals surface area contributed by atoms with Gasteiger partial charge in [-0.2, -0.15) is 0 Å². The first kappa shape index (κ1) is 14.5. The molecule has 0 fully saturated rings. The number of hydrogen-bond acceptors (Lipinski definition) is 1. The molecule has 1 N–H and O–H groups in total. The lowest BCUT2D eigenvalue weighted by Crippen LogP contribution is -2.18. The zero-order valence-electron chi connectivity index (χ0n) is 10.5. The molecule has 0 aromatic heterocycles. The molecule has 2 aromatic carbocycles. The van der Waals surface area contributed by atoms with Gasteiger partial charge >= 0.3 is 0 Å². The summed E-state index contributed by atoms with van der Waals surface area (Å²) in [6.07, 6.45) is 0. The van der Waals surface area contributed by atoms with Crippen molar-refractivity contribution in [2.24, 2.45) is 0 Å². The molecule has 100 valence electrons. The molecule has 0 aliphatic rings. The number of rotatable bonds is 4. The van der Waals surface area contributed by atoms with Crippen molar-refractivity contribution in [1.29, 1.82) is 0 Å². The minimum absolute atomic E-state index is 0.101. The Morgan fingerprint density at radius 2 is 1.95 bits per heavy atom. The van der Waals surface area contributed by atoms with Gasteiger partial charge in [0.2, 0.25) is 0 Å². The summed E-state index contributed by atoms with van der Waals surface area (Å²) in [6, 6.07) is 12.8. The third-order valence-corrected chi connectivity index (χ3v) is 4.23. The maximum atomic E-state index is 13.4. The number of benzene rings is 2. The molecule has 0 heterocycles. The van der Waals surface area contributed by atoms with Gasteiger partial charge in [-0.05, 0) is 46.1 Å². The Morgan fingerprint density at radius 3 is 2.68 bits per heavy atom. The molecule has 0 bridgehead atoms. The van der Waals surface area contributed by atoms with Gasteiger partial charge in [-0.3, -0.25) is 0 Å². The Kier molecular flexibility index (Phi) is 4.97. The Bertz CT molecular complexity index is 574. The van der Waals surface area contributed by atoms with Gasteiger partial charge in [-0.15, -0.1) is 0 Å². The summed E-state index contributed by atoms with van der Waals surface area (Å²) in [5.41, 5.74) is 1.93. The van der Waals surface area contributed by atoms with Crippen molar-refractivity contribution >= 4 is 27.5 Å². The van der Waals surface area contributed by atoms with Gasteiger partial charge in [0, 0.05) is 17.6 Å². The van der Waals surface area contributed by atoms with Crippen LogP contribution in [-0.2, 0) is 6.54 Å². The predicted octanol–water partition coefficient (Wildman–Crippen LogP) is 5.09. The van der Waals surface area contributed by atoms with Gasteiger partial charge in [-0.1, -0.05) is 41.9 Å². The van der Waals surface area contributed by atoms with Crippen molar-refractivity contribution in [3.63, 3.8) is 0 Å². The fourth-order valence-corrected chi connectivity index (χ4v) is 2.59. The molecule has 0 unspecified atom stereocenters. The van der Waals surface area contributed by atoms with Gasteiger partial charge in [0.15, 0.2) is 0 Å². The number of nitrogens with one attached hydrogen (secondary N) is 1. The molecule has 1 nitrogen and oxygen atoms in total. The summed E-state index contributed by atoms with van der Waals surface area (Å²) in [7, 11) is 0. The molecule has 0 spiro atoms. The van der Waals surface area contributed by atoms with E-state index in [9.17, 15) is 4.39 Å². The van der Waals surface area contributed by atoms with Gasteiger partial charge in [-0.25, -0.2) is 4.39 Å². The minimum atomic E-state index is -0.246. The van der Waals surface area contributed by atoms with Crippen LogP contribution in [0.2, 0.25) is 5.02 Å². The summed E-state index contributed by atoms with van der Waals surface area (Å²) in [4.78, 5) is 0. The van der Waals surface area contributed by atoms with Gasteiger partial charge < -0.3 is 5.32 Å². The van der Waals surface area contributed by atoms with E-state index in [4.69, 9.17) is 11.6 Å². The Morgan fingerprint density at radius 1 is 1.21 bits per heavy atom. The van der Waals surface area contributed by atoms with Crippen LogP contribution >= 0.6 is 27.5 Å². The number of halogens is 3. The average molecular weight is 343 g/mol. The van der Waals surface area contributed by atoms with Gasteiger partial charge in [0.25, 0.3) is 0 Å². The highest BCUT2D eigenvalue weighted by Gasteiger charge is 2.10. The SMILES string of the molecule is C[C@H](NCc1cccc(F)c1Br)c1ccccc1Cl. The molecule has 2 aromatic rings. The Balaban J connectivity index is 2.07. The average Bonchev–Trinajstić information content (AvgIpc) is 2.40. The van der Waals surface area contributed by atoms with Crippen LogP contribution in [0.25, 0.3) is 0 Å². The van der Waals surface area contributed by atoms with Crippen molar-refractivity contribution in [3.05, 3.63) is 68.9 Å². The van der Waals surface area contributed by atoms with Crippen LogP contribution in [0.1, 0.15) is 24.1 Å². The third-order valence-electron chi connectivity index (χ3n) is 3.00. The largest absolute Gasteiger partial charge is 0.306 e. The highest BCUT2D eigenvalue weighted by Crippen LogP contribution is 2.24. The highest BCUT2D eigenvalue weighted by molar-refractivity contribution is 9.10. The van der Waals surface area contributed by atoms with Crippen molar-refractivity contribution in [3.8, 4) is 0 Å². The van der Waals surface area contributed by atoms with E-state index < -0.39 is 0 Å². The molecule has 0 saturated heterocycles. The molecule has 0 aliphatic carbocycles. The van der Waals surface area contributed by atoms with E-state index in [-0.39, 0.29) is 11.9 Å².